The first-order valence-corrected chi connectivity index (χ1v) is 33.9. The number of carbonyl (C=O) groups excluding carboxylic acids is 2. The molecule has 0 aliphatic carbocycles. The highest BCUT2D eigenvalue weighted by Crippen LogP contribution is 2.19. The Morgan fingerprint density at radius 3 is 1.00 bits per heavy atom. The van der Waals surface area contributed by atoms with Crippen molar-refractivity contribution in [3.8, 4) is 0 Å². The highest BCUT2D eigenvalue weighted by Gasteiger charge is 2.20. The quantitative estimate of drug-likeness (QED) is 0.0320. The number of amides is 1. The smallest absolute Gasteiger partial charge is 0.305 e. The zero-order chi connectivity index (χ0) is 53.6. The molecular formula is C68H133NO5. The molecule has 3 N–H and O–H groups in total. The van der Waals surface area contributed by atoms with Crippen LogP contribution in [0.1, 0.15) is 386 Å². The minimum absolute atomic E-state index is 0.0106. The number of hydrogen-bond donors (Lipinski definition) is 3. The number of unbranched alkanes of at least 4 members (excludes halogenated alkanes) is 51. The lowest BCUT2D eigenvalue weighted by molar-refractivity contribution is -0.143. The van der Waals surface area contributed by atoms with Gasteiger partial charge in [0.2, 0.25) is 5.91 Å². The number of rotatable bonds is 64. The maximum atomic E-state index is 12.5. The van der Waals surface area contributed by atoms with Gasteiger partial charge in [-0.3, -0.25) is 9.59 Å². The fourth-order valence-corrected chi connectivity index (χ4v) is 10.9. The Morgan fingerprint density at radius 1 is 0.365 bits per heavy atom. The van der Waals surface area contributed by atoms with Crippen LogP contribution in [-0.4, -0.2) is 47.4 Å². The molecule has 0 aromatic rings. The van der Waals surface area contributed by atoms with Crippen LogP contribution < -0.4 is 5.32 Å². The fraction of sp³-hybridized carbons (Fsp3) is 0.941. The molecule has 74 heavy (non-hydrogen) atoms. The molecule has 0 heterocycles. The zero-order valence-electron chi connectivity index (χ0n) is 50.4. The summed E-state index contributed by atoms with van der Waals surface area (Å²) in [5, 5.41) is 23.3. The van der Waals surface area contributed by atoms with E-state index in [-0.39, 0.29) is 18.5 Å². The van der Waals surface area contributed by atoms with E-state index in [2.05, 4.69) is 31.3 Å². The Kier molecular flexibility index (Phi) is 62.9. The molecule has 0 aromatic heterocycles. The number of allylic oxidation sites excluding steroid dienone is 2. The molecule has 2 unspecified atom stereocenters. The summed E-state index contributed by atoms with van der Waals surface area (Å²) in [5.74, 6) is -0.0171. The molecule has 0 aliphatic heterocycles. The van der Waals surface area contributed by atoms with Crippen LogP contribution in [0.25, 0.3) is 0 Å². The maximum Gasteiger partial charge on any atom is 0.305 e. The maximum absolute atomic E-state index is 12.5. The van der Waals surface area contributed by atoms with Gasteiger partial charge in [-0.25, -0.2) is 0 Å². The van der Waals surface area contributed by atoms with Crippen molar-refractivity contribution in [1.82, 2.24) is 5.32 Å². The van der Waals surface area contributed by atoms with E-state index >= 15 is 0 Å². The molecule has 0 aromatic carbocycles. The molecule has 0 fully saturated rings. The van der Waals surface area contributed by atoms with E-state index in [1.807, 2.05) is 0 Å². The van der Waals surface area contributed by atoms with Crippen molar-refractivity contribution in [3.05, 3.63) is 12.2 Å². The van der Waals surface area contributed by atoms with Crippen LogP contribution in [0.15, 0.2) is 12.2 Å². The van der Waals surface area contributed by atoms with E-state index in [0.717, 1.165) is 44.9 Å². The molecule has 0 saturated heterocycles. The SMILES string of the molecule is CCCC/C=C\CCCCCCCC(=O)OCCCCCCCCCCCCCCCCCCCCCCCCCCCCCCCCCCC(=O)NC(CO)C(O)CCCCCCCCCCCCCCCC. The highest BCUT2D eigenvalue weighted by molar-refractivity contribution is 5.76. The second-order valence-corrected chi connectivity index (χ2v) is 23.5. The molecule has 1 amide bonds. The first-order valence-electron chi connectivity index (χ1n) is 33.9. The summed E-state index contributed by atoms with van der Waals surface area (Å²) in [6, 6.07) is -0.536. The average Bonchev–Trinajstić information content (AvgIpc) is 3.40. The first kappa shape index (κ1) is 72.6. The third-order valence-electron chi connectivity index (χ3n) is 16.1. The van der Waals surface area contributed by atoms with Gasteiger partial charge in [0.15, 0.2) is 0 Å². The Bertz CT molecular complexity index is 1110. The lowest BCUT2D eigenvalue weighted by atomic mass is 10.0. The normalized spacial score (nSPS) is 12.5. The molecule has 0 saturated carbocycles. The topological polar surface area (TPSA) is 95.9 Å². The van der Waals surface area contributed by atoms with Crippen LogP contribution in [0.2, 0.25) is 0 Å². The van der Waals surface area contributed by atoms with Gasteiger partial charge >= 0.3 is 5.97 Å². The first-order chi connectivity index (χ1) is 36.5. The number of hydrogen-bond acceptors (Lipinski definition) is 5. The van der Waals surface area contributed by atoms with Crippen LogP contribution in [0, 0.1) is 0 Å². The van der Waals surface area contributed by atoms with E-state index in [0.29, 0.717) is 25.9 Å². The Balaban J connectivity index is 3.31. The summed E-state index contributed by atoms with van der Waals surface area (Å²) in [5.41, 5.74) is 0. The molecule has 6 heteroatoms. The van der Waals surface area contributed by atoms with Gasteiger partial charge in [0.05, 0.1) is 25.4 Å². The summed E-state index contributed by atoms with van der Waals surface area (Å²) in [6.07, 6.45) is 78.3. The van der Waals surface area contributed by atoms with Crippen molar-refractivity contribution in [2.75, 3.05) is 13.2 Å². The predicted molar refractivity (Wildman–Crippen MR) is 324 cm³/mol. The van der Waals surface area contributed by atoms with E-state index in [1.165, 1.54) is 308 Å². The van der Waals surface area contributed by atoms with Crippen molar-refractivity contribution >= 4 is 11.9 Å². The molecule has 0 radical (unpaired) electrons. The molecular weight excluding hydrogens is 911 g/mol. The van der Waals surface area contributed by atoms with E-state index in [4.69, 9.17) is 4.74 Å². The van der Waals surface area contributed by atoms with E-state index < -0.39 is 12.1 Å². The monoisotopic (exact) mass is 1040 g/mol. The van der Waals surface area contributed by atoms with Crippen LogP contribution in [0.3, 0.4) is 0 Å². The van der Waals surface area contributed by atoms with Gasteiger partial charge in [0.1, 0.15) is 0 Å². The summed E-state index contributed by atoms with van der Waals surface area (Å²) in [4.78, 5) is 24.5. The molecule has 440 valence electrons. The molecule has 0 rings (SSSR count). The molecule has 2 atom stereocenters. The highest BCUT2D eigenvalue weighted by atomic mass is 16.5. The van der Waals surface area contributed by atoms with E-state index in [9.17, 15) is 19.8 Å². The second kappa shape index (κ2) is 64.1. The number of aliphatic hydroxyl groups is 2. The largest absolute Gasteiger partial charge is 0.466 e. The number of carbonyl (C=O) groups is 2. The summed E-state index contributed by atoms with van der Waals surface area (Å²) in [6.45, 7) is 4.95. The van der Waals surface area contributed by atoms with Gasteiger partial charge in [-0.2, -0.15) is 0 Å². The summed E-state index contributed by atoms with van der Waals surface area (Å²) < 4.78 is 5.47. The average molecular weight is 1040 g/mol. The van der Waals surface area contributed by atoms with Gasteiger partial charge in [0, 0.05) is 12.8 Å². The third kappa shape index (κ3) is 59.8. The predicted octanol–water partition coefficient (Wildman–Crippen LogP) is 21.6. The zero-order valence-corrected chi connectivity index (χ0v) is 50.4. The van der Waals surface area contributed by atoms with Gasteiger partial charge in [-0.1, -0.05) is 341 Å². The molecule has 0 aliphatic rings. The number of aliphatic hydroxyl groups excluding tert-OH is 2. The van der Waals surface area contributed by atoms with E-state index in [1.54, 1.807) is 0 Å². The fourth-order valence-electron chi connectivity index (χ4n) is 10.9. The van der Waals surface area contributed by atoms with Gasteiger partial charge in [-0.05, 0) is 44.9 Å². The summed E-state index contributed by atoms with van der Waals surface area (Å²) in [7, 11) is 0. The number of ether oxygens (including phenoxy) is 1. The van der Waals surface area contributed by atoms with Crippen LogP contribution in [0.4, 0.5) is 0 Å². The number of nitrogens with one attached hydrogen (secondary N) is 1. The lowest BCUT2D eigenvalue weighted by Crippen LogP contribution is -2.45. The van der Waals surface area contributed by atoms with Gasteiger partial charge in [-0.15, -0.1) is 0 Å². The van der Waals surface area contributed by atoms with Crippen LogP contribution in [0.5, 0.6) is 0 Å². The minimum Gasteiger partial charge on any atom is -0.466 e. The number of esters is 1. The lowest BCUT2D eigenvalue weighted by Gasteiger charge is -2.22. The Morgan fingerprint density at radius 2 is 0.649 bits per heavy atom. The van der Waals surface area contributed by atoms with Gasteiger partial charge < -0.3 is 20.3 Å². The summed E-state index contributed by atoms with van der Waals surface area (Å²) >= 11 is 0. The van der Waals surface area contributed by atoms with Crippen LogP contribution >= 0.6 is 0 Å². The molecule has 0 bridgehead atoms. The van der Waals surface area contributed by atoms with Crippen molar-refractivity contribution < 1.29 is 24.5 Å². The van der Waals surface area contributed by atoms with Crippen molar-refractivity contribution in [2.45, 2.75) is 398 Å². The van der Waals surface area contributed by atoms with Crippen molar-refractivity contribution in [2.24, 2.45) is 0 Å². The third-order valence-corrected chi connectivity index (χ3v) is 16.1. The molecule has 0 spiro atoms. The minimum atomic E-state index is -0.660. The second-order valence-electron chi connectivity index (χ2n) is 23.5. The van der Waals surface area contributed by atoms with Crippen molar-refractivity contribution in [1.29, 1.82) is 0 Å². The Labute approximate surface area is 463 Å². The van der Waals surface area contributed by atoms with Gasteiger partial charge in [0.25, 0.3) is 0 Å². The molecule has 6 nitrogen and oxygen atoms in total. The Hall–Kier alpha value is -1.40. The van der Waals surface area contributed by atoms with Crippen LogP contribution in [-0.2, 0) is 14.3 Å². The van der Waals surface area contributed by atoms with Crippen molar-refractivity contribution in [3.63, 3.8) is 0 Å². The standard InChI is InChI=1S/C68H133NO5/c1-3-5-7-9-11-13-15-16-37-41-44-48-52-56-60-66(71)65(64-70)69-67(72)61-57-53-49-45-42-38-35-33-31-29-27-25-23-21-19-17-18-20-22-24-26-28-30-32-34-36-39-43-47-51-55-59-63-74-68(73)62-58-54-50-46-40-14-12-10-8-6-4-2/h10,12,65-66,70-71H,3-9,11,13-64H2,1-2H3,(H,69,72)/b12-10-.